The highest BCUT2D eigenvalue weighted by Gasteiger charge is 2.40. The van der Waals surface area contributed by atoms with Crippen molar-refractivity contribution in [2.75, 3.05) is 6.54 Å². The van der Waals surface area contributed by atoms with Crippen LogP contribution in [0.3, 0.4) is 0 Å². The number of piperidine rings is 1. The number of rotatable bonds is 4. The van der Waals surface area contributed by atoms with Crippen LogP contribution in [0.5, 0.6) is 0 Å². The fourth-order valence-electron chi connectivity index (χ4n) is 2.46. The second-order valence-electron chi connectivity index (χ2n) is 4.57. The summed E-state index contributed by atoms with van der Waals surface area (Å²) < 4.78 is 26.2. The van der Waals surface area contributed by atoms with Crippen LogP contribution in [0.25, 0.3) is 0 Å². The van der Waals surface area contributed by atoms with Gasteiger partial charge in [0.25, 0.3) is 0 Å². The van der Waals surface area contributed by atoms with E-state index in [4.69, 9.17) is 11.0 Å². The Morgan fingerprint density at radius 2 is 2.18 bits per heavy atom. The fraction of sp³-hybridized carbons (Fsp3) is 0.909. The minimum absolute atomic E-state index is 0.0512. The summed E-state index contributed by atoms with van der Waals surface area (Å²) in [6.07, 6.45) is 2.96. The van der Waals surface area contributed by atoms with E-state index in [0.717, 1.165) is 19.3 Å². The molecule has 0 spiro atoms. The van der Waals surface area contributed by atoms with Crippen LogP contribution >= 0.6 is 0 Å². The zero-order chi connectivity index (χ0) is 13.1. The van der Waals surface area contributed by atoms with Crippen LogP contribution in [0, 0.1) is 11.3 Å². The second-order valence-corrected chi connectivity index (χ2v) is 6.59. The molecular weight excluding hydrogens is 238 g/mol. The molecule has 0 saturated carbocycles. The molecule has 3 atom stereocenters. The van der Waals surface area contributed by atoms with Gasteiger partial charge in [-0.25, -0.2) is 8.42 Å². The molecule has 0 radical (unpaired) electrons. The Labute approximate surface area is 104 Å². The van der Waals surface area contributed by atoms with Gasteiger partial charge in [0.05, 0.1) is 6.07 Å². The molecule has 0 bridgehead atoms. The molecule has 5 nitrogen and oxygen atoms in total. The summed E-state index contributed by atoms with van der Waals surface area (Å²) in [7, 11) is -3.54. The summed E-state index contributed by atoms with van der Waals surface area (Å²) in [4.78, 5) is 0. The summed E-state index contributed by atoms with van der Waals surface area (Å²) >= 11 is 0. The molecule has 3 unspecified atom stereocenters. The Kier molecular flexibility index (Phi) is 4.92. The Morgan fingerprint density at radius 1 is 1.53 bits per heavy atom. The van der Waals surface area contributed by atoms with Gasteiger partial charge in [-0.05, 0) is 26.2 Å². The highest BCUT2D eigenvalue weighted by atomic mass is 32.2. The Morgan fingerprint density at radius 3 is 2.65 bits per heavy atom. The molecule has 0 aromatic carbocycles. The van der Waals surface area contributed by atoms with E-state index in [1.807, 2.05) is 13.0 Å². The van der Waals surface area contributed by atoms with Gasteiger partial charge in [-0.1, -0.05) is 13.3 Å². The van der Waals surface area contributed by atoms with Gasteiger partial charge in [-0.3, -0.25) is 0 Å². The van der Waals surface area contributed by atoms with E-state index in [2.05, 4.69) is 0 Å². The Hall–Kier alpha value is -0.640. The molecule has 0 aromatic heterocycles. The lowest BCUT2D eigenvalue weighted by molar-refractivity contribution is 0.195. The van der Waals surface area contributed by atoms with E-state index in [1.54, 1.807) is 6.92 Å². The molecule has 0 aromatic rings. The Bertz CT molecular complexity index is 388. The van der Waals surface area contributed by atoms with Crippen molar-refractivity contribution in [1.82, 2.24) is 4.31 Å². The SMILES string of the molecule is CCC(C#N)S(=O)(=O)N1C(C)CCCC1CN. The van der Waals surface area contributed by atoms with Crippen molar-refractivity contribution in [3.8, 4) is 6.07 Å². The first-order chi connectivity index (χ1) is 7.98. The topological polar surface area (TPSA) is 87.2 Å². The van der Waals surface area contributed by atoms with E-state index >= 15 is 0 Å². The van der Waals surface area contributed by atoms with Crippen molar-refractivity contribution >= 4 is 10.0 Å². The molecular formula is C11H21N3O2S. The lowest BCUT2D eigenvalue weighted by Gasteiger charge is -2.39. The molecule has 1 aliphatic heterocycles. The number of nitrogens with two attached hydrogens (primary N) is 1. The molecule has 17 heavy (non-hydrogen) atoms. The predicted octanol–water partition coefficient (Wildman–Crippen LogP) is 0.820. The number of hydrogen-bond donors (Lipinski definition) is 1. The number of nitriles is 1. The van der Waals surface area contributed by atoms with Gasteiger partial charge in [0.15, 0.2) is 5.25 Å². The molecule has 1 heterocycles. The number of nitrogens with zero attached hydrogens (tertiary/aromatic N) is 2. The first-order valence-electron chi connectivity index (χ1n) is 6.11. The largest absolute Gasteiger partial charge is 0.329 e. The monoisotopic (exact) mass is 259 g/mol. The maximum atomic E-state index is 12.4. The summed E-state index contributed by atoms with van der Waals surface area (Å²) in [5, 5.41) is 8.00. The summed E-state index contributed by atoms with van der Waals surface area (Å²) in [5.74, 6) is 0. The normalized spacial score (nSPS) is 28.6. The maximum absolute atomic E-state index is 12.4. The van der Waals surface area contributed by atoms with E-state index in [9.17, 15) is 8.42 Å². The molecule has 2 N–H and O–H groups in total. The molecule has 1 aliphatic rings. The molecule has 6 heteroatoms. The maximum Gasteiger partial charge on any atom is 0.231 e. The minimum Gasteiger partial charge on any atom is -0.329 e. The van der Waals surface area contributed by atoms with Crippen LogP contribution < -0.4 is 5.73 Å². The average Bonchev–Trinajstić information content (AvgIpc) is 2.29. The molecule has 1 rings (SSSR count). The van der Waals surface area contributed by atoms with Crippen molar-refractivity contribution in [2.45, 2.75) is 56.9 Å². The van der Waals surface area contributed by atoms with E-state index in [0.29, 0.717) is 13.0 Å². The summed E-state index contributed by atoms with van der Waals surface area (Å²) in [6, 6.07) is 1.69. The van der Waals surface area contributed by atoms with Crippen LogP contribution in [0.4, 0.5) is 0 Å². The van der Waals surface area contributed by atoms with Crippen LogP contribution in [0.1, 0.15) is 39.5 Å². The fourth-order valence-corrected chi connectivity index (χ4v) is 4.52. The van der Waals surface area contributed by atoms with Gasteiger partial charge in [0.1, 0.15) is 0 Å². The molecule has 0 amide bonds. The average molecular weight is 259 g/mol. The Balaban J connectivity index is 3.06. The van der Waals surface area contributed by atoms with Crippen molar-refractivity contribution < 1.29 is 8.42 Å². The van der Waals surface area contributed by atoms with Crippen molar-refractivity contribution in [2.24, 2.45) is 5.73 Å². The van der Waals surface area contributed by atoms with Crippen LogP contribution in [-0.2, 0) is 10.0 Å². The lowest BCUT2D eigenvalue weighted by atomic mass is 10.00. The highest BCUT2D eigenvalue weighted by Crippen LogP contribution is 2.28. The molecule has 98 valence electrons. The highest BCUT2D eigenvalue weighted by molar-refractivity contribution is 7.90. The van der Waals surface area contributed by atoms with Gasteiger partial charge >= 0.3 is 0 Å². The zero-order valence-electron chi connectivity index (χ0n) is 10.5. The summed E-state index contributed by atoms with van der Waals surface area (Å²) in [6.45, 7) is 3.94. The zero-order valence-corrected chi connectivity index (χ0v) is 11.3. The van der Waals surface area contributed by atoms with Gasteiger partial charge < -0.3 is 5.73 Å². The van der Waals surface area contributed by atoms with Gasteiger partial charge in [0, 0.05) is 18.6 Å². The minimum atomic E-state index is -3.54. The first kappa shape index (κ1) is 14.4. The van der Waals surface area contributed by atoms with Gasteiger partial charge in [-0.15, -0.1) is 0 Å². The third kappa shape index (κ3) is 2.79. The van der Waals surface area contributed by atoms with Crippen LogP contribution in [0.2, 0.25) is 0 Å². The second kappa shape index (κ2) is 5.80. The number of sulfonamides is 1. The quantitative estimate of drug-likeness (QED) is 0.809. The third-order valence-electron chi connectivity index (χ3n) is 3.39. The van der Waals surface area contributed by atoms with E-state index < -0.39 is 15.3 Å². The van der Waals surface area contributed by atoms with E-state index in [1.165, 1.54) is 4.31 Å². The van der Waals surface area contributed by atoms with Crippen LogP contribution in [-0.4, -0.2) is 36.6 Å². The molecule has 1 saturated heterocycles. The van der Waals surface area contributed by atoms with Crippen LogP contribution in [0.15, 0.2) is 0 Å². The van der Waals surface area contributed by atoms with Crippen molar-refractivity contribution in [1.29, 1.82) is 5.26 Å². The third-order valence-corrected chi connectivity index (χ3v) is 5.80. The smallest absolute Gasteiger partial charge is 0.231 e. The lowest BCUT2D eigenvalue weighted by Crippen LogP contribution is -2.54. The van der Waals surface area contributed by atoms with Gasteiger partial charge in [0.2, 0.25) is 10.0 Å². The van der Waals surface area contributed by atoms with E-state index in [-0.39, 0.29) is 12.1 Å². The summed E-state index contributed by atoms with van der Waals surface area (Å²) in [5.41, 5.74) is 5.65. The molecule has 0 aliphatic carbocycles. The van der Waals surface area contributed by atoms with Gasteiger partial charge in [-0.2, -0.15) is 9.57 Å². The first-order valence-corrected chi connectivity index (χ1v) is 7.61. The predicted molar refractivity (Wildman–Crippen MR) is 66.6 cm³/mol. The standard InChI is InChI=1S/C11H21N3O2S/c1-3-11(8-13)17(15,16)14-9(2)5-4-6-10(14)7-12/h9-11H,3-7,12H2,1-2H3. The number of hydrogen-bond acceptors (Lipinski definition) is 4. The van der Waals surface area contributed by atoms with Crippen molar-refractivity contribution in [3.05, 3.63) is 0 Å². The van der Waals surface area contributed by atoms with Crippen molar-refractivity contribution in [3.63, 3.8) is 0 Å². The molecule has 1 fully saturated rings.